The van der Waals surface area contributed by atoms with Crippen LogP contribution < -0.4 is 11.3 Å². The largest absolute Gasteiger partial charge is 0.323 e. The zero-order chi connectivity index (χ0) is 15.5. The molecule has 0 aliphatic heterocycles. The highest BCUT2D eigenvalue weighted by molar-refractivity contribution is 7.89. The van der Waals surface area contributed by atoms with Crippen molar-refractivity contribution in [1.29, 1.82) is 0 Å². The average molecular weight is 326 g/mol. The van der Waals surface area contributed by atoms with Crippen molar-refractivity contribution in [2.45, 2.75) is 31.3 Å². The molecule has 8 heteroatoms. The van der Waals surface area contributed by atoms with Crippen molar-refractivity contribution in [2.24, 2.45) is 5.84 Å². The normalized spacial score (nSPS) is 12.0. The van der Waals surface area contributed by atoms with Gasteiger partial charge in [-0.15, -0.1) is 11.3 Å². The molecule has 2 aromatic rings. The van der Waals surface area contributed by atoms with Gasteiger partial charge < -0.3 is 5.43 Å². The zero-order valence-electron chi connectivity index (χ0n) is 11.9. The fourth-order valence-corrected chi connectivity index (χ4v) is 4.43. The third-order valence-corrected chi connectivity index (χ3v) is 5.90. The summed E-state index contributed by atoms with van der Waals surface area (Å²) in [5, 5.41) is 1.93. The summed E-state index contributed by atoms with van der Waals surface area (Å²) in [5.41, 5.74) is 2.75. The monoisotopic (exact) mass is 326 g/mol. The molecule has 0 aromatic carbocycles. The number of hydrogen-bond acceptors (Lipinski definition) is 6. The molecule has 0 fully saturated rings. The third kappa shape index (κ3) is 3.41. The van der Waals surface area contributed by atoms with Gasteiger partial charge in [-0.05, 0) is 31.4 Å². The Kier molecular flexibility index (Phi) is 4.94. The first-order valence-electron chi connectivity index (χ1n) is 6.41. The first kappa shape index (κ1) is 15.9. The van der Waals surface area contributed by atoms with Crippen molar-refractivity contribution in [3.05, 3.63) is 40.8 Å². The first-order valence-corrected chi connectivity index (χ1v) is 8.73. The fourth-order valence-electron chi connectivity index (χ4n) is 1.93. The lowest BCUT2D eigenvalue weighted by molar-refractivity contribution is 0.350. The van der Waals surface area contributed by atoms with Gasteiger partial charge in [-0.25, -0.2) is 8.42 Å². The summed E-state index contributed by atoms with van der Waals surface area (Å²) in [7, 11) is -3.68. The van der Waals surface area contributed by atoms with Crippen LogP contribution in [-0.2, 0) is 16.6 Å². The van der Waals surface area contributed by atoms with Crippen LogP contribution in [0.4, 0.5) is 5.69 Å². The number of nitrogens with zero attached hydrogens (tertiary/aromatic N) is 2. The summed E-state index contributed by atoms with van der Waals surface area (Å²) in [5.74, 6) is 5.40. The lowest BCUT2D eigenvalue weighted by atomic mass is 10.4. The van der Waals surface area contributed by atoms with Gasteiger partial charge >= 0.3 is 0 Å². The Hall–Kier alpha value is -1.48. The van der Waals surface area contributed by atoms with Crippen LogP contribution in [-0.4, -0.2) is 23.7 Å². The molecule has 0 saturated heterocycles. The molecule has 2 heterocycles. The van der Waals surface area contributed by atoms with Crippen molar-refractivity contribution in [3.63, 3.8) is 0 Å². The number of anilines is 1. The first-order chi connectivity index (χ1) is 9.96. The van der Waals surface area contributed by atoms with Crippen LogP contribution >= 0.6 is 11.3 Å². The van der Waals surface area contributed by atoms with E-state index < -0.39 is 10.0 Å². The van der Waals surface area contributed by atoms with E-state index in [1.54, 1.807) is 0 Å². The fraction of sp³-hybridized carbons (Fsp3) is 0.308. The molecule has 114 valence electrons. The number of rotatable bonds is 6. The maximum atomic E-state index is 12.9. The topological polar surface area (TPSA) is 88.3 Å². The van der Waals surface area contributed by atoms with Crippen molar-refractivity contribution in [1.82, 2.24) is 9.29 Å². The molecule has 6 nitrogen and oxygen atoms in total. The number of thiophene rings is 1. The SMILES string of the molecule is CC(C)N(Cc1cccs1)S(=O)(=O)c1cnccc1NN. The Labute approximate surface area is 128 Å². The Bertz CT molecular complexity index is 684. The minimum atomic E-state index is -3.68. The predicted octanol–water partition coefficient (Wildman–Crippen LogP) is 2.03. The van der Waals surface area contributed by atoms with Gasteiger partial charge in [0, 0.05) is 29.9 Å². The minimum Gasteiger partial charge on any atom is -0.323 e. The number of aromatic nitrogens is 1. The molecule has 0 saturated carbocycles. The summed E-state index contributed by atoms with van der Waals surface area (Å²) in [4.78, 5) is 4.97. The van der Waals surface area contributed by atoms with Gasteiger partial charge in [0.1, 0.15) is 4.90 Å². The van der Waals surface area contributed by atoms with E-state index in [1.165, 1.54) is 34.1 Å². The predicted molar refractivity (Wildman–Crippen MR) is 84.2 cm³/mol. The Morgan fingerprint density at radius 3 is 2.76 bits per heavy atom. The van der Waals surface area contributed by atoms with Gasteiger partial charge in [-0.2, -0.15) is 4.31 Å². The Balaban J connectivity index is 2.42. The van der Waals surface area contributed by atoms with E-state index >= 15 is 0 Å². The van der Waals surface area contributed by atoms with Gasteiger partial charge in [0.05, 0.1) is 5.69 Å². The molecule has 0 unspecified atom stereocenters. The number of nitrogens with one attached hydrogen (secondary N) is 1. The number of nitrogens with two attached hydrogens (primary N) is 1. The molecule has 2 rings (SSSR count). The van der Waals surface area contributed by atoms with Crippen LogP contribution in [0.1, 0.15) is 18.7 Å². The molecule has 0 aliphatic rings. The van der Waals surface area contributed by atoms with Crippen LogP contribution in [0.15, 0.2) is 40.9 Å². The molecular weight excluding hydrogens is 308 g/mol. The maximum absolute atomic E-state index is 12.9. The van der Waals surface area contributed by atoms with Crippen molar-refractivity contribution in [3.8, 4) is 0 Å². The van der Waals surface area contributed by atoms with E-state index in [-0.39, 0.29) is 10.9 Å². The van der Waals surface area contributed by atoms with E-state index in [0.717, 1.165) is 4.88 Å². The van der Waals surface area contributed by atoms with Crippen molar-refractivity contribution in [2.75, 3.05) is 5.43 Å². The molecule has 2 aromatic heterocycles. The van der Waals surface area contributed by atoms with Gasteiger partial charge in [0.2, 0.25) is 10.0 Å². The molecule has 21 heavy (non-hydrogen) atoms. The molecule has 3 N–H and O–H groups in total. The molecule has 0 aliphatic carbocycles. The lowest BCUT2D eigenvalue weighted by Crippen LogP contribution is -2.36. The third-order valence-electron chi connectivity index (χ3n) is 2.99. The average Bonchev–Trinajstić information content (AvgIpc) is 2.97. The molecular formula is C13H18N4O2S2. The lowest BCUT2D eigenvalue weighted by Gasteiger charge is -2.26. The number of nitrogen functional groups attached to an aromatic ring is 1. The van der Waals surface area contributed by atoms with E-state index in [0.29, 0.717) is 12.2 Å². The molecule has 0 atom stereocenters. The van der Waals surface area contributed by atoms with E-state index in [4.69, 9.17) is 5.84 Å². The highest BCUT2D eigenvalue weighted by Crippen LogP contribution is 2.26. The second-order valence-corrected chi connectivity index (χ2v) is 7.63. The van der Waals surface area contributed by atoms with Crippen LogP contribution in [0.25, 0.3) is 0 Å². The molecule has 0 bridgehead atoms. The van der Waals surface area contributed by atoms with E-state index in [2.05, 4.69) is 10.4 Å². The maximum Gasteiger partial charge on any atom is 0.247 e. The van der Waals surface area contributed by atoms with Crippen molar-refractivity contribution < 1.29 is 8.42 Å². The number of hydrogen-bond donors (Lipinski definition) is 2. The van der Waals surface area contributed by atoms with Gasteiger partial charge in [0.25, 0.3) is 0 Å². The summed E-state index contributed by atoms with van der Waals surface area (Å²) in [6.45, 7) is 4.02. The number of sulfonamides is 1. The van der Waals surface area contributed by atoms with Crippen LogP contribution in [0.5, 0.6) is 0 Å². The molecule has 0 radical (unpaired) electrons. The van der Waals surface area contributed by atoms with Gasteiger partial charge in [-0.1, -0.05) is 6.07 Å². The van der Waals surface area contributed by atoms with Crippen LogP contribution in [0.2, 0.25) is 0 Å². The Morgan fingerprint density at radius 2 is 2.19 bits per heavy atom. The number of hydrazine groups is 1. The van der Waals surface area contributed by atoms with Crippen LogP contribution in [0.3, 0.4) is 0 Å². The minimum absolute atomic E-state index is 0.0813. The summed E-state index contributed by atoms with van der Waals surface area (Å²) in [6.07, 6.45) is 2.81. The molecule has 0 spiro atoms. The zero-order valence-corrected chi connectivity index (χ0v) is 13.5. The summed E-state index contributed by atoms with van der Waals surface area (Å²) >= 11 is 1.53. The second-order valence-electron chi connectivity index (χ2n) is 4.74. The van der Waals surface area contributed by atoms with Gasteiger partial charge in [-0.3, -0.25) is 10.8 Å². The highest BCUT2D eigenvalue weighted by atomic mass is 32.2. The smallest absolute Gasteiger partial charge is 0.247 e. The number of pyridine rings is 1. The van der Waals surface area contributed by atoms with Crippen LogP contribution in [0, 0.1) is 0 Å². The summed E-state index contributed by atoms with van der Waals surface area (Å²) in [6, 6.07) is 5.18. The van der Waals surface area contributed by atoms with E-state index in [9.17, 15) is 8.42 Å². The summed E-state index contributed by atoms with van der Waals surface area (Å²) < 4.78 is 27.2. The van der Waals surface area contributed by atoms with Crippen molar-refractivity contribution >= 4 is 27.0 Å². The molecule has 0 amide bonds. The standard InChI is InChI=1S/C13H18N4O2S2/c1-10(2)17(9-11-4-3-7-20-11)21(18,19)13-8-15-6-5-12(13)16-14/h3-8,10H,9,14H2,1-2H3,(H,15,16). The Morgan fingerprint density at radius 1 is 1.43 bits per heavy atom. The highest BCUT2D eigenvalue weighted by Gasteiger charge is 2.29. The van der Waals surface area contributed by atoms with E-state index in [1.807, 2.05) is 31.4 Å². The van der Waals surface area contributed by atoms with Gasteiger partial charge in [0.15, 0.2) is 0 Å². The second kappa shape index (κ2) is 6.52. The quantitative estimate of drug-likeness (QED) is 0.626.